The van der Waals surface area contributed by atoms with E-state index in [1.165, 1.54) is 6.07 Å². The summed E-state index contributed by atoms with van der Waals surface area (Å²) < 4.78 is 0. The first kappa shape index (κ1) is 7.75. The molecule has 0 bridgehead atoms. The molecule has 0 amide bonds. The van der Waals surface area contributed by atoms with Crippen LogP contribution < -0.4 is 5.56 Å². The number of hydrogen-bond donors (Lipinski definition) is 2. The van der Waals surface area contributed by atoms with Gasteiger partial charge in [0, 0.05) is 12.3 Å². The van der Waals surface area contributed by atoms with Crippen LogP contribution in [0, 0.1) is 0 Å². The van der Waals surface area contributed by atoms with Gasteiger partial charge in [-0.25, -0.2) is 0 Å². The van der Waals surface area contributed by atoms with E-state index in [-0.39, 0.29) is 12.2 Å². The number of nitrogens with one attached hydrogen (secondary N) is 1. The Balaban J connectivity index is 2.82. The molecule has 1 heterocycles. The van der Waals surface area contributed by atoms with Crippen molar-refractivity contribution in [3.05, 3.63) is 40.3 Å². The van der Waals surface area contributed by atoms with Crippen LogP contribution in [-0.2, 0) is 0 Å². The molecule has 11 heavy (non-hydrogen) atoms. The molecule has 0 saturated carbocycles. The van der Waals surface area contributed by atoms with Crippen molar-refractivity contribution in [2.24, 2.45) is 0 Å². The van der Waals surface area contributed by atoms with E-state index in [9.17, 15) is 4.79 Å². The molecule has 3 heteroatoms. The van der Waals surface area contributed by atoms with Crippen LogP contribution in [0.15, 0.2) is 29.2 Å². The molecule has 0 unspecified atom stereocenters. The topological polar surface area (TPSA) is 53.1 Å². The van der Waals surface area contributed by atoms with E-state index in [1.54, 1.807) is 24.4 Å². The number of hydrogen-bond acceptors (Lipinski definition) is 2. The summed E-state index contributed by atoms with van der Waals surface area (Å²) in [6, 6.07) is 3.13. The van der Waals surface area contributed by atoms with Crippen LogP contribution in [0.25, 0.3) is 6.08 Å². The first-order valence-corrected chi connectivity index (χ1v) is 3.29. The van der Waals surface area contributed by atoms with Crippen molar-refractivity contribution in [1.29, 1.82) is 0 Å². The number of aromatic amines is 1. The zero-order valence-corrected chi connectivity index (χ0v) is 5.95. The average Bonchev–Trinajstić information content (AvgIpc) is 2.04. The van der Waals surface area contributed by atoms with Crippen molar-refractivity contribution in [2.75, 3.05) is 6.61 Å². The monoisotopic (exact) mass is 151 g/mol. The van der Waals surface area contributed by atoms with Gasteiger partial charge in [0.1, 0.15) is 0 Å². The Kier molecular flexibility index (Phi) is 2.63. The lowest BCUT2D eigenvalue weighted by atomic mass is 10.3. The van der Waals surface area contributed by atoms with Gasteiger partial charge in [-0.1, -0.05) is 12.2 Å². The zero-order valence-electron chi connectivity index (χ0n) is 5.95. The predicted molar refractivity (Wildman–Crippen MR) is 43.2 cm³/mol. The zero-order chi connectivity index (χ0) is 8.10. The highest BCUT2D eigenvalue weighted by atomic mass is 16.2. The van der Waals surface area contributed by atoms with Gasteiger partial charge in [0.05, 0.1) is 6.61 Å². The van der Waals surface area contributed by atoms with Gasteiger partial charge in [0.2, 0.25) is 5.56 Å². The third-order valence-electron chi connectivity index (χ3n) is 1.22. The van der Waals surface area contributed by atoms with Gasteiger partial charge in [-0.15, -0.1) is 0 Å². The Labute approximate surface area is 64.0 Å². The molecule has 0 fully saturated rings. The van der Waals surface area contributed by atoms with Crippen molar-refractivity contribution in [2.45, 2.75) is 0 Å². The van der Waals surface area contributed by atoms with Crippen molar-refractivity contribution in [3.63, 3.8) is 0 Å². The molecule has 2 N–H and O–H groups in total. The number of aliphatic hydroxyl groups is 1. The fourth-order valence-electron chi connectivity index (χ4n) is 0.715. The first-order chi connectivity index (χ1) is 5.33. The minimum atomic E-state index is -0.119. The normalized spacial score (nSPS) is 10.6. The second-order valence-corrected chi connectivity index (χ2v) is 2.07. The summed E-state index contributed by atoms with van der Waals surface area (Å²) in [6.07, 6.45) is 4.93. The van der Waals surface area contributed by atoms with Crippen LogP contribution in [0.3, 0.4) is 0 Å². The Morgan fingerprint density at radius 2 is 2.36 bits per heavy atom. The molecule has 0 aliphatic heterocycles. The van der Waals surface area contributed by atoms with Crippen molar-refractivity contribution < 1.29 is 5.11 Å². The Hall–Kier alpha value is -1.35. The highest BCUT2D eigenvalue weighted by Gasteiger charge is 1.83. The SMILES string of the molecule is O=c1ccc(C=CCO)c[nH]1. The summed E-state index contributed by atoms with van der Waals surface area (Å²) in [5.41, 5.74) is 0.754. The van der Waals surface area contributed by atoms with Crippen molar-refractivity contribution >= 4 is 6.08 Å². The van der Waals surface area contributed by atoms with E-state index in [0.717, 1.165) is 5.56 Å². The van der Waals surface area contributed by atoms with Gasteiger partial charge < -0.3 is 10.1 Å². The molecule has 0 radical (unpaired) electrons. The van der Waals surface area contributed by atoms with Crippen molar-refractivity contribution in [1.82, 2.24) is 4.98 Å². The molecule has 0 aromatic carbocycles. The van der Waals surface area contributed by atoms with Gasteiger partial charge in [0.15, 0.2) is 0 Å². The Morgan fingerprint density at radius 1 is 1.55 bits per heavy atom. The molecule has 0 aliphatic carbocycles. The molecule has 58 valence electrons. The second kappa shape index (κ2) is 3.73. The van der Waals surface area contributed by atoms with Gasteiger partial charge in [-0.3, -0.25) is 4.79 Å². The van der Waals surface area contributed by atoms with Crippen LogP contribution in [0.4, 0.5) is 0 Å². The van der Waals surface area contributed by atoms with E-state index in [0.29, 0.717) is 0 Å². The second-order valence-electron chi connectivity index (χ2n) is 2.07. The maximum absolute atomic E-state index is 10.6. The molecular formula is C8H9NO2. The molecular weight excluding hydrogens is 142 g/mol. The minimum absolute atomic E-state index is 0.0130. The quantitative estimate of drug-likeness (QED) is 0.642. The molecule has 0 saturated heterocycles. The lowest BCUT2D eigenvalue weighted by Crippen LogP contribution is -2.01. The van der Waals surface area contributed by atoms with E-state index in [2.05, 4.69) is 4.98 Å². The molecule has 0 spiro atoms. The summed E-state index contributed by atoms with van der Waals surface area (Å²) in [4.78, 5) is 13.1. The molecule has 1 aromatic heterocycles. The van der Waals surface area contributed by atoms with Gasteiger partial charge in [-0.2, -0.15) is 0 Å². The molecule has 0 aliphatic rings. The number of H-pyrrole nitrogens is 1. The average molecular weight is 151 g/mol. The summed E-state index contributed by atoms with van der Waals surface area (Å²) in [7, 11) is 0. The summed E-state index contributed by atoms with van der Waals surface area (Å²) >= 11 is 0. The van der Waals surface area contributed by atoms with Gasteiger partial charge in [0.25, 0.3) is 0 Å². The fourth-order valence-corrected chi connectivity index (χ4v) is 0.715. The van der Waals surface area contributed by atoms with Gasteiger partial charge in [-0.05, 0) is 11.6 Å². The number of aromatic nitrogens is 1. The smallest absolute Gasteiger partial charge is 0.247 e. The predicted octanol–water partition coefficient (Wildman–Crippen LogP) is 0.380. The summed E-state index contributed by atoms with van der Waals surface area (Å²) in [6.45, 7) is 0.0130. The van der Waals surface area contributed by atoms with Crippen LogP contribution in [0.1, 0.15) is 5.56 Å². The first-order valence-electron chi connectivity index (χ1n) is 3.29. The third-order valence-corrected chi connectivity index (χ3v) is 1.22. The number of pyridine rings is 1. The third kappa shape index (κ3) is 2.39. The standard InChI is InChI=1S/C8H9NO2/c10-5-1-2-7-3-4-8(11)9-6-7/h1-4,6,10H,5H2,(H,9,11). The lowest BCUT2D eigenvalue weighted by Gasteiger charge is -1.88. The fraction of sp³-hybridized carbons (Fsp3) is 0.125. The number of aliphatic hydroxyl groups excluding tert-OH is 1. The van der Waals surface area contributed by atoms with Crippen molar-refractivity contribution in [3.8, 4) is 0 Å². The maximum atomic E-state index is 10.6. The number of rotatable bonds is 2. The summed E-state index contributed by atoms with van der Waals surface area (Å²) in [5.74, 6) is 0. The largest absolute Gasteiger partial charge is 0.392 e. The Morgan fingerprint density at radius 3 is 2.91 bits per heavy atom. The minimum Gasteiger partial charge on any atom is -0.392 e. The maximum Gasteiger partial charge on any atom is 0.247 e. The van der Waals surface area contributed by atoms with Gasteiger partial charge >= 0.3 is 0 Å². The van der Waals surface area contributed by atoms with Crippen LogP contribution >= 0.6 is 0 Å². The van der Waals surface area contributed by atoms with E-state index < -0.39 is 0 Å². The highest BCUT2D eigenvalue weighted by Crippen LogP contribution is 1.94. The highest BCUT2D eigenvalue weighted by molar-refractivity contribution is 5.47. The summed E-state index contributed by atoms with van der Waals surface area (Å²) in [5, 5.41) is 8.42. The van der Waals surface area contributed by atoms with Crippen LogP contribution in [0.5, 0.6) is 0 Å². The van der Waals surface area contributed by atoms with E-state index >= 15 is 0 Å². The molecule has 0 atom stereocenters. The lowest BCUT2D eigenvalue weighted by molar-refractivity contribution is 0.343. The molecule has 1 aromatic rings. The van der Waals surface area contributed by atoms with E-state index in [4.69, 9.17) is 5.11 Å². The molecule has 1 rings (SSSR count). The van der Waals surface area contributed by atoms with Crippen LogP contribution in [0.2, 0.25) is 0 Å². The Bertz CT molecular complexity index is 281. The molecule has 3 nitrogen and oxygen atoms in total. The van der Waals surface area contributed by atoms with Crippen LogP contribution in [-0.4, -0.2) is 16.7 Å². The van der Waals surface area contributed by atoms with E-state index in [1.807, 2.05) is 0 Å².